The van der Waals surface area contributed by atoms with Crippen molar-refractivity contribution in [3.8, 4) is 0 Å². The van der Waals surface area contributed by atoms with Crippen LogP contribution < -0.4 is 0 Å². The molecule has 0 aliphatic heterocycles. The van der Waals surface area contributed by atoms with Gasteiger partial charge in [-0.2, -0.15) is 0 Å². The zero-order chi connectivity index (χ0) is 8.97. The highest BCUT2D eigenvalue weighted by Crippen LogP contribution is 2.14. The fourth-order valence-corrected chi connectivity index (χ4v) is 1.41. The number of aryl methyl sites for hydroxylation is 1. The van der Waals surface area contributed by atoms with Crippen molar-refractivity contribution < 1.29 is 4.39 Å². The van der Waals surface area contributed by atoms with Crippen LogP contribution in [0.25, 0.3) is 0 Å². The Kier molecular flexibility index (Phi) is 3.98. The highest BCUT2D eigenvalue weighted by Gasteiger charge is 1.99. The summed E-state index contributed by atoms with van der Waals surface area (Å²) in [6.45, 7) is 2.14. The molecule has 0 spiro atoms. The maximum Gasteiger partial charge on any atom is 0.136 e. The van der Waals surface area contributed by atoms with Crippen molar-refractivity contribution in [2.75, 3.05) is 0 Å². The molecule has 66 valence electrons. The Balaban J connectivity index is 2.69. The fourth-order valence-electron chi connectivity index (χ4n) is 1.08. The van der Waals surface area contributed by atoms with Crippen LogP contribution in [0.4, 0.5) is 4.39 Å². The zero-order valence-corrected chi connectivity index (χ0v) is 9.27. The van der Waals surface area contributed by atoms with Gasteiger partial charge in [-0.15, -0.1) is 0 Å². The van der Waals surface area contributed by atoms with Crippen LogP contribution in [0.1, 0.15) is 25.3 Å². The summed E-state index contributed by atoms with van der Waals surface area (Å²) in [5, 5.41) is 0. The summed E-state index contributed by atoms with van der Waals surface area (Å²) in [5.41, 5.74) is 1.11. The van der Waals surface area contributed by atoms with E-state index in [4.69, 9.17) is 0 Å². The van der Waals surface area contributed by atoms with Crippen LogP contribution in [-0.4, -0.2) is 0 Å². The molecule has 1 aromatic carbocycles. The summed E-state index contributed by atoms with van der Waals surface area (Å²) in [4.78, 5) is 0. The first-order valence-corrected chi connectivity index (χ1v) is 5.26. The van der Waals surface area contributed by atoms with E-state index in [2.05, 4.69) is 6.92 Å². The van der Waals surface area contributed by atoms with Gasteiger partial charge in [-0.3, -0.25) is 0 Å². The first kappa shape index (κ1) is 9.96. The van der Waals surface area contributed by atoms with Crippen molar-refractivity contribution in [3.05, 3.63) is 33.1 Å². The van der Waals surface area contributed by atoms with Crippen LogP contribution in [-0.2, 0) is 6.42 Å². The van der Waals surface area contributed by atoms with Crippen molar-refractivity contribution >= 4 is 22.6 Å². The van der Waals surface area contributed by atoms with E-state index in [1.807, 2.05) is 34.7 Å². The molecule has 0 saturated heterocycles. The van der Waals surface area contributed by atoms with Gasteiger partial charge in [0.1, 0.15) is 5.82 Å². The van der Waals surface area contributed by atoms with Crippen molar-refractivity contribution in [1.82, 2.24) is 0 Å². The van der Waals surface area contributed by atoms with E-state index in [0.717, 1.165) is 24.8 Å². The van der Waals surface area contributed by atoms with Crippen LogP contribution in [0.2, 0.25) is 0 Å². The molecule has 0 bridgehead atoms. The summed E-state index contributed by atoms with van der Waals surface area (Å²) in [6.07, 6.45) is 3.29. The predicted octanol–water partition coefficient (Wildman–Crippen LogP) is 3.77. The zero-order valence-electron chi connectivity index (χ0n) is 7.11. The molecule has 0 heterocycles. The van der Waals surface area contributed by atoms with Gasteiger partial charge in [0.2, 0.25) is 0 Å². The lowest BCUT2D eigenvalue weighted by atomic mass is 10.1. The van der Waals surface area contributed by atoms with Gasteiger partial charge in [-0.1, -0.05) is 19.4 Å². The number of halogens is 2. The number of unbranched alkanes of at least 4 members (excludes halogenated alkanes) is 1. The average Bonchev–Trinajstić information content (AvgIpc) is 2.07. The fraction of sp³-hybridized carbons (Fsp3) is 0.400. The molecule has 12 heavy (non-hydrogen) atoms. The third-order valence-corrected chi connectivity index (χ3v) is 2.68. The summed E-state index contributed by atoms with van der Waals surface area (Å²) < 4.78 is 13.7. The lowest BCUT2D eigenvalue weighted by Gasteiger charge is -2.00. The van der Waals surface area contributed by atoms with Gasteiger partial charge in [0.15, 0.2) is 0 Å². The minimum atomic E-state index is -0.0933. The highest BCUT2D eigenvalue weighted by molar-refractivity contribution is 14.1. The van der Waals surface area contributed by atoms with E-state index in [-0.39, 0.29) is 5.82 Å². The third-order valence-electron chi connectivity index (χ3n) is 1.80. The maximum absolute atomic E-state index is 13.0. The Morgan fingerprint density at radius 1 is 1.42 bits per heavy atom. The van der Waals surface area contributed by atoms with Crippen LogP contribution in [0, 0.1) is 9.39 Å². The van der Waals surface area contributed by atoms with Crippen LogP contribution in [0.15, 0.2) is 18.2 Å². The van der Waals surface area contributed by atoms with Crippen LogP contribution >= 0.6 is 22.6 Å². The van der Waals surface area contributed by atoms with E-state index in [1.165, 1.54) is 0 Å². The van der Waals surface area contributed by atoms with Gasteiger partial charge in [0, 0.05) is 3.57 Å². The quantitative estimate of drug-likeness (QED) is 0.738. The molecule has 0 aliphatic rings. The minimum Gasteiger partial charge on any atom is -0.206 e. The third kappa shape index (κ3) is 2.73. The Morgan fingerprint density at radius 2 is 2.17 bits per heavy atom. The van der Waals surface area contributed by atoms with Crippen LogP contribution in [0.5, 0.6) is 0 Å². The van der Waals surface area contributed by atoms with Gasteiger partial charge in [-0.05, 0) is 53.1 Å². The Bertz CT molecular complexity index is 258. The molecule has 0 nitrogen and oxygen atoms in total. The van der Waals surface area contributed by atoms with Gasteiger partial charge in [0.25, 0.3) is 0 Å². The average molecular weight is 278 g/mol. The summed E-state index contributed by atoms with van der Waals surface area (Å²) in [5.74, 6) is -0.0933. The van der Waals surface area contributed by atoms with E-state index in [9.17, 15) is 4.39 Å². The molecule has 2 heteroatoms. The van der Waals surface area contributed by atoms with Gasteiger partial charge in [0.05, 0.1) is 0 Å². The molecule has 0 atom stereocenters. The van der Waals surface area contributed by atoms with Gasteiger partial charge < -0.3 is 0 Å². The van der Waals surface area contributed by atoms with Crippen molar-refractivity contribution in [2.45, 2.75) is 26.2 Å². The normalized spacial score (nSPS) is 10.2. The van der Waals surface area contributed by atoms with Crippen molar-refractivity contribution in [3.63, 3.8) is 0 Å². The molecule has 1 rings (SSSR count). The second-order valence-corrected chi connectivity index (χ2v) is 4.01. The Morgan fingerprint density at radius 3 is 2.75 bits per heavy atom. The van der Waals surface area contributed by atoms with Gasteiger partial charge in [-0.25, -0.2) is 4.39 Å². The molecule has 0 N–H and O–H groups in total. The molecule has 0 saturated carbocycles. The molecule has 0 fully saturated rings. The first-order valence-electron chi connectivity index (χ1n) is 4.18. The number of hydrogen-bond acceptors (Lipinski definition) is 0. The van der Waals surface area contributed by atoms with E-state index in [0.29, 0.717) is 3.57 Å². The van der Waals surface area contributed by atoms with E-state index >= 15 is 0 Å². The standard InChI is InChI=1S/C10H12FI/c1-2-3-4-8-5-6-10(12)9(11)7-8/h5-7H,2-4H2,1H3. The summed E-state index contributed by atoms with van der Waals surface area (Å²) in [6, 6.07) is 5.47. The molecule has 1 aromatic rings. The molecule has 0 amide bonds. The van der Waals surface area contributed by atoms with Crippen molar-refractivity contribution in [1.29, 1.82) is 0 Å². The van der Waals surface area contributed by atoms with E-state index < -0.39 is 0 Å². The SMILES string of the molecule is CCCCc1ccc(I)c(F)c1. The smallest absolute Gasteiger partial charge is 0.136 e. The number of hydrogen-bond donors (Lipinski definition) is 0. The maximum atomic E-state index is 13.0. The van der Waals surface area contributed by atoms with E-state index in [1.54, 1.807) is 6.07 Å². The van der Waals surface area contributed by atoms with Gasteiger partial charge >= 0.3 is 0 Å². The lowest BCUT2D eigenvalue weighted by molar-refractivity contribution is 0.616. The Hall–Kier alpha value is -0.120. The topological polar surface area (TPSA) is 0 Å². The highest BCUT2D eigenvalue weighted by atomic mass is 127. The first-order chi connectivity index (χ1) is 5.74. The molecule has 0 aliphatic carbocycles. The largest absolute Gasteiger partial charge is 0.206 e. The Labute approximate surface area is 86.3 Å². The molecule has 0 radical (unpaired) electrons. The molecule has 0 unspecified atom stereocenters. The van der Waals surface area contributed by atoms with Crippen LogP contribution in [0.3, 0.4) is 0 Å². The second-order valence-electron chi connectivity index (χ2n) is 2.85. The minimum absolute atomic E-state index is 0.0933. The summed E-state index contributed by atoms with van der Waals surface area (Å²) in [7, 11) is 0. The lowest BCUT2D eigenvalue weighted by Crippen LogP contribution is -1.88. The number of benzene rings is 1. The second kappa shape index (κ2) is 4.80. The summed E-state index contributed by atoms with van der Waals surface area (Å²) >= 11 is 2.00. The van der Waals surface area contributed by atoms with Crippen molar-refractivity contribution in [2.24, 2.45) is 0 Å². The molecule has 0 aromatic heterocycles. The molecular formula is C10H12FI. The molecular weight excluding hydrogens is 266 g/mol. The predicted molar refractivity (Wildman–Crippen MR) is 57.7 cm³/mol. The number of rotatable bonds is 3. The monoisotopic (exact) mass is 278 g/mol.